The average Bonchev–Trinajstić information content (AvgIpc) is 3.02. The zero-order chi connectivity index (χ0) is 12.4. The van der Waals surface area contributed by atoms with Crippen molar-refractivity contribution in [1.29, 1.82) is 0 Å². The van der Waals surface area contributed by atoms with Gasteiger partial charge in [-0.05, 0) is 11.5 Å². The summed E-state index contributed by atoms with van der Waals surface area (Å²) in [5, 5.41) is 0.831. The van der Waals surface area contributed by atoms with Gasteiger partial charge in [0.05, 0.1) is 13.3 Å². The van der Waals surface area contributed by atoms with Gasteiger partial charge < -0.3 is 9.72 Å². The predicted octanol–water partition coefficient (Wildman–Crippen LogP) is 2.11. The molecule has 0 amide bonds. The largest absolute Gasteiger partial charge is 0.480 e. The zero-order valence-electron chi connectivity index (χ0n) is 9.45. The molecular weight excluding hydrogens is 270 g/mol. The van der Waals surface area contributed by atoms with Crippen LogP contribution in [-0.4, -0.2) is 31.4 Å². The van der Waals surface area contributed by atoms with E-state index in [9.17, 15) is 0 Å². The minimum atomic E-state index is 0.658. The smallest absolute Gasteiger partial charge is 0.225 e. The van der Waals surface area contributed by atoms with Crippen LogP contribution in [0.15, 0.2) is 23.7 Å². The molecule has 0 fully saturated rings. The molecule has 0 radical (unpaired) electrons. The van der Waals surface area contributed by atoms with Gasteiger partial charge in [0.2, 0.25) is 5.88 Å². The maximum absolute atomic E-state index is 5.04. The number of methoxy groups -OCH3 is 1. The summed E-state index contributed by atoms with van der Waals surface area (Å²) in [4.78, 5) is 16.7. The second kappa shape index (κ2) is 4.91. The number of nitrogens with one attached hydrogen (secondary N) is 1. The summed E-state index contributed by atoms with van der Waals surface area (Å²) < 4.78 is 9.19. The van der Waals surface area contributed by atoms with E-state index in [1.165, 1.54) is 17.9 Å². The number of rotatable bonds is 4. The first-order chi connectivity index (χ1) is 8.85. The first-order valence-corrected chi connectivity index (χ1v) is 6.89. The molecule has 8 heteroatoms. The fourth-order valence-corrected chi connectivity index (χ4v) is 2.98. The zero-order valence-corrected chi connectivity index (χ0v) is 11.1. The van der Waals surface area contributed by atoms with Crippen molar-refractivity contribution in [1.82, 2.24) is 24.3 Å². The third kappa shape index (κ3) is 2.29. The highest BCUT2D eigenvalue weighted by Crippen LogP contribution is 2.25. The molecule has 0 aromatic carbocycles. The monoisotopic (exact) mass is 279 g/mol. The highest BCUT2D eigenvalue weighted by atomic mass is 32.2. The molecule has 92 valence electrons. The molecule has 0 spiro atoms. The van der Waals surface area contributed by atoms with Gasteiger partial charge in [-0.15, -0.1) is 0 Å². The van der Waals surface area contributed by atoms with Crippen LogP contribution in [0.4, 0.5) is 0 Å². The van der Waals surface area contributed by atoms with Crippen LogP contribution in [0.25, 0.3) is 11.2 Å². The Morgan fingerprint density at radius 2 is 2.44 bits per heavy atom. The van der Waals surface area contributed by atoms with E-state index in [4.69, 9.17) is 4.74 Å². The van der Waals surface area contributed by atoms with Gasteiger partial charge in [-0.3, -0.25) is 0 Å². The maximum Gasteiger partial charge on any atom is 0.225 e. The topological polar surface area (TPSA) is 76.6 Å². The average molecular weight is 279 g/mol. The molecule has 18 heavy (non-hydrogen) atoms. The van der Waals surface area contributed by atoms with Crippen molar-refractivity contribution >= 4 is 34.5 Å². The van der Waals surface area contributed by atoms with E-state index in [-0.39, 0.29) is 0 Å². The lowest BCUT2D eigenvalue weighted by molar-refractivity contribution is 0.402. The lowest BCUT2D eigenvalue weighted by Gasteiger charge is -1.92. The number of nitrogens with zero attached hydrogens (tertiary/aromatic N) is 4. The number of hydrogen-bond donors (Lipinski definition) is 1. The number of H-pyrrole nitrogens is 1. The Hall–Kier alpha value is -1.67. The lowest BCUT2D eigenvalue weighted by atomic mass is 10.5. The fourth-order valence-electron chi connectivity index (χ4n) is 1.41. The molecule has 3 aromatic rings. The Balaban J connectivity index is 1.72. The molecule has 0 atom stereocenters. The number of aromatic nitrogens is 5. The van der Waals surface area contributed by atoms with Crippen molar-refractivity contribution in [2.75, 3.05) is 7.11 Å². The van der Waals surface area contributed by atoms with Gasteiger partial charge >= 0.3 is 0 Å². The van der Waals surface area contributed by atoms with Crippen LogP contribution in [-0.2, 0) is 5.75 Å². The van der Waals surface area contributed by atoms with Crippen molar-refractivity contribution in [2.45, 2.75) is 10.9 Å². The predicted molar refractivity (Wildman–Crippen MR) is 69.9 cm³/mol. The SMILES string of the molecule is COc1cc(CSc2nc3ncncc3[nH]2)sn1. The second-order valence-electron chi connectivity index (χ2n) is 3.43. The first-order valence-electron chi connectivity index (χ1n) is 5.13. The molecule has 1 N–H and O–H groups in total. The van der Waals surface area contributed by atoms with Crippen molar-refractivity contribution in [3.63, 3.8) is 0 Å². The van der Waals surface area contributed by atoms with Gasteiger partial charge in [0.15, 0.2) is 10.8 Å². The van der Waals surface area contributed by atoms with E-state index >= 15 is 0 Å². The molecule has 3 rings (SSSR count). The van der Waals surface area contributed by atoms with Gasteiger partial charge in [-0.2, -0.15) is 4.37 Å². The van der Waals surface area contributed by atoms with Crippen molar-refractivity contribution in [3.8, 4) is 5.88 Å². The van der Waals surface area contributed by atoms with Gasteiger partial charge in [0, 0.05) is 16.7 Å². The summed E-state index contributed by atoms with van der Waals surface area (Å²) in [6.45, 7) is 0. The highest BCUT2D eigenvalue weighted by Gasteiger charge is 2.06. The quantitative estimate of drug-likeness (QED) is 0.737. The second-order valence-corrected chi connectivity index (χ2v) is 5.28. The number of aromatic amines is 1. The normalized spacial score (nSPS) is 10.9. The minimum absolute atomic E-state index is 0.658. The summed E-state index contributed by atoms with van der Waals surface area (Å²) in [5.41, 5.74) is 1.54. The summed E-state index contributed by atoms with van der Waals surface area (Å²) in [6.07, 6.45) is 3.21. The van der Waals surface area contributed by atoms with Crippen molar-refractivity contribution in [3.05, 3.63) is 23.5 Å². The molecule has 0 aliphatic heterocycles. The summed E-state index contributed by atoms with van der Waals surface area (Å²) in [7, 11) is 1.61. The Labute approximate surface area is 111 Å². The van der Waals surface area contributed by atoms with Crippen LogP contribution in [0.2, 0.25) is 0 Å². The van der Waals surface area contributed by atoms with E-state index < -0.39 is 0 Å². The van der Waals surface area contributed by atoms with Gasteiger partial charge in [-0.25, -0.2) is 15.0 Å². The Morgan fingerprint density at radius 1 is 1.50 bits per heavy atom. The van der Waals surface area contributed by atoms with Crippen LogP contribution < -0.4 is 4.74 Å². The number of hydrogen-bond acceptors (Lipinski definition) is 7. The van der Waals surface area contributed by atoms with Gasteiger partial charge in [-0.1, -0.05) is 11.8 Å². The molecular formula is C10H9N5OS2. The van der Waals surface area contributed by atoms with Gasteiger partial charge in [0.25, 0.3) is 0 Å². The van der Waals surface area contributed by atoms with Crippen LogP contribution in [0, 0.1) is 0 Å². The maximum atomic E-state index is 5.04. The third-order valence-electron chi connectivity index (χ3n) is 2.24. The number of fused-ring (bicyclic) bond motifs is 1. The molecule has 3 aromatic heterocycles. The molecule has 0 unspecified atom stereocenters. The van der Waals surface area contributed by atoms with Crippen LogP contribution in [0.5, 0.6) is 5.88 Å². The Kier molecular flexibility index (Phi) is 3.11. The van der Waals surface area contributed by atoms with E-state index in [1.807, 2.05) is 6.07 Å². The van der Waals surface area contributed by atoms with Crippen molar-refractivity contribution in [2.24, 2.45) is 0 Å². The fraction of sp³-hybridized carbons (Fsp3) is 0.200. The number of imidazole rings is 1. The first kappa shape index (κ1) is 11.4. The summed E-state index contributed by atoms with van der Waals surface area (Å²) in [5.74, 6) is 1.46. The van der Waals surface area contributed by atoms with Crippen LogP contribution in [0.3, 0.4) is 0 Å². The minimum Gasteiger partial charge on any atom is -0.480 e. The van der Waals surface area contributed by atoms with Crippen LogP contribution in [0.1, 0.15) is 4.88 Å². The van der Waals surface area contributed by atoms with E-state index in [0.29, 0.717) is 11.5 Å². The Bertz CT molecular complexity index is 632. The highest BCUT2D eigenvalue weighted by molar-refractivity contribution is 7.98. The van der Waals surface area contributed by atoms with E-state index in [2.05, 4.69) is 24.3 Å². The molecule has 0 saturated carbocycles. The standard InChI is InChI=1S/C10H9N5OS2/c1-16-8-2-6(18-15-8)4-17-10-13-7-3-11-5-12-9(7)14-10/h2-3,5H,4H2,1H3,(H,11,12,13,14). The third-order valence-corrected chi connectivity index (χ3v) is 4.11. The molecule has 0 bridgehead atoms. The molecule has 3 heterocycles. The number of ether oxygens (including phenoxy) is 1. The van der Waals surface area contributed by atoms with E-state index in [1.54, 1.807) is 25.1 Å². The molecule has 0 aliphatic carbocycles. The van der Waals surface area contributed by atoms with Crippen LogP contribution >= 0.6 is 23.3 Å². The molecule has 0 aliphatic rings. The molecule has 6 nitrogen and oxygen atoms in total. The van der Waals surface area contributed by atoms with Crippen molar-refractivity contribution < 1.29 is 4.74 Å². The van der Waals surface area contributed by atoms with E-state index in [0.717, 1.165) is 21.3 Å². The molecule has 0 saturated heterocycles. The van der Waals surface area contributed by atoms with Gasteiger partial charge in [0.1, 0.15) is 11.8 Å². The Morgan fingerprint density at radius 3 is 3.22 bits per heavy atom. The summed E-state index contributed by atoms with van der Waals surface area (Å²) in [6, 6.07) is 1.93. The summed E-state index contributed by atoms with van der Waals surface area (Å²) >= 11 is 3.04. The number of thioether (sulfide) groups is 1. The lowest BCUT2D eigenvalue weighted by Crippen LogP contribution is -1.80.